The van der Waals surface area contributed by atoms with Crippen LogP contribution in [-0.2, 0) is 65.4 Å². The molecule has 0 heterocycles. The minimum absolute atomic E-state index is 0.107. The summed E-state index contributed by atoms with van der Waals surface area (Å²) in [6.45, 7) is 11.9. The zero-order chi connectivity index (χ0) is 70.1. The van der Waals surface area contributed by atoms with Crippen LogP contribution in [0.4, 0.5) is 0 Å². The maximum absolute atomic E-state index is 13.1. The number of carbonyl (C=O) groups is 4. The second kappa shape index (κ2) is 66.6. The fraction of sp³-hybridized carbons (Fsp3) is 0.947. The lowest BCUT2D eigenvalue weighted by atomic mass is 9.99. The van der Waals surface area contributed by atoms with Crippen LogP contribution >= 0.6 is 15.6 Å². The highest BCUT2D eigenvalue weighted by molar-refractivity contribution is 7.47. The molecule has 3 unspecified atom stereocenters. The second-order valence-electron chi connectivity index (χ2n) is 28.6. The summed E-state index contributed by atoms with van der Waals surface area (Å²) in [4.78, 5) is 72.9. The van der Waals surface area contributed by atoms with Crippen LogP contribution in [0.5, 0.6) is 0 Å². The highest BCUT2D eigenvalue weighted by Crippen LogP contribution is 2.45. The number of esters is 4. The van der Waals surface area contributed by atoms with Gasteiger partial charge >= 0.3 is 39.5 Å². The molecule has 3 N–H and O–H groups in total. The Hall–Kier alpha value is -1.94. The Morgan fingerprint density at radius 1 is 0.305 bits per heavy atom. The van der Waals surface area contributed by atoms with E-state index in [1.165, 1.54) is 199 Å². The molecule has 0 rings (SSSR count). The van der Waals surface area contributed by atoms with Crippen molar-refractivity contribution in [2.45, 2.75) is 407 Å². The molecule has 564 valence electrons. The van der Waals surface area contributed by atoms with Crippen LogP contribution < -0.4 is 0 Å². The van der Waals surface area contributed by atoms with Crippen molar-refractivity contribution >= 4 is 39.5 Å². The van der Waals surface area contributed by atoms with Crippen LogP contribution in [0.2, 0.25) is 0 Å². The quantitative estimate of drug-likeness (QED) is 0.0222. The fourth-order valence-corrected chi connectivity index (χ4v) is 13.1. The number of phosphoric ester groups is 2. The summed E-state index contributed by atoms with van der Waals surface area (Å²) >= 11 is 0. The molecule has 0 aromatic carbocycles. The average Bonchev–Trinajstić information content (AvgIpc) is 2.67. The number of carbonyl (C=O) groups excluding carboxylic acids is 4. The Labute approximate surface area is 581 Å². The lowest BCUT2D eigenvalue weighted by Gasteiger charge is -2.21. The summed E-state index contributed by atoms with van der Waals surface area (Å²) in [6, 6.07) is 0. The van der Waals surface area contributed by atoms with Crippen LogP contribution in [0, 0.1) is 17.8 Å². The lowest BCUT2D eigenvalue weighted by molar-refractivity contribution is -0.161. The molecule has 0 saturated heterocycles. The molecule has 0 saturated carbocycles. The molecule has 0 aromatic rings. The first-order valence-electron chi connectivity index (χ1n) is 39.4. The second-order valence-corrected chi connectivity index (χ2v) is 31.5. The normalized spacial score (nSPS) is 14.4. The van der Waals surface area contributed by atoms with Crippen molar-refractivity contribution in [1.82, 2.24) is 0 Å². The van der Waals surface area contributed by atoms with Crippen molar-refractivity contribution in [3.8, 4) is 0 Å². The monoisotopic (exact) mass is 1400 g/mol. The van der Waals surface area contributed by atoms with Crippen molar-refractivity contribution in [2.75, 3.05) is 39.6 Å². The Kier molecular flexibility index (Phi) is 65.2. The van der Waals surface area contributed by atoms with Crippen LogP contribution in [0.3, 0.4) is 0 Å². The molecule has 17 nitrogen and oxygen atoms in total. The van der Waals surface area contributed by atoms with Gasteiger partial charge in [-0.3, -0.25) is 37.3 Å². The molecule has 0 aliphatic heterocycles. The van der Waals surface area contributed by atoms with Gasteiger partial charge in [-0.15, -0.1) is 0 Å². The standard InChI is InChI=1S/C76H148O17P2/c1-8-10-11-12-13-14-15-16-24-29-38-45-52-59-75(80)93-72(64-87-74(79)58-51-44-37-32-31-35-42-49-56-69(7)9-2)66-91-95(84,85)89-62-70(77)61-88-94(82,83)90-65-71(92-76(81)60-53-46-39-30-25-20-18-22-27-34-41-48-55-68(5)6)63-86-73(78)57-50-43-36-28-23-19-17-21-26-33-40-47-54-67(3)4/h67-72,77H,8-66H2,1-7H3,(H,82,83)(H,84,85)/t69?,70-,71-,72-/m1/s1. The van der Waals surface area contributed by atoms with Gasteiger partial charge in [0.1, 0.15) is 19.3 Å². The van der Waals surface area contributed by atoms with E-state index in [0.29, 0.717) is 25.7 Å². The SMILES string of the molecule is CCCCCCCCCCCCCCCC(=O)O[C@H](COC(=O)CCCCCCCCCCC(C)CC)COP(=O)(O)OC[C@H](O)COP(=O)(O)OC[C@@H](COC(=O)CCCCCCCCCCCCCCC(C)C)OC(=O)CCCCCCCCCCCCCCC(C)C. The lowest BCUT2D eigenvalue weighted by Crippen LogP contribution is -2.30. The Balaban J connectivity index is 5.27. The number of aliphatic hydroxyl groups excluding tert-OH is 1. The van der Waals surface area contributed by atoms with Crippen molar-refractivity contribution in [2.24, 2.45) is 17.8 Å². The van der Waals surface area contributed by atoms with Gasteiger partial charge in [-0.25, -0.2) is 9.13 Å². The zero-order valence-electron chi connectivity index (χ0n) is 62.1. The summed E-state index contributed by atoms with van der Waals surface area (Å²) in [5.41, 5.74) is 0. The number of hydrogen-bond acceptors (Lipinski definition) is 15. The Morgan fingerprint density at radius 3 is 0.800 bits per heavy atom. The summed E-state index contributed by atoms with van der Waals surface area (Å²) in [5.74, 6) is 0.220. The largest absolute Gasteiger partial charge is 0.472 e. The minimum atomic E-state index is -4.96. The number of phosphoric acid groups is 2. The van der Waals surface area contributed by atoms with E-state index in [4.69, 9.17) is 37.0 Å². The molecule has 0 radical (unpaired) electrons. The van der Waals surface area contributed by atoms with E-state index in [9.17, 15) is 43.2 Å². The van der Waals surface area contributed by atoms with Gasteiger partial charge in [-0.05, 0) is 43.4 Å². The molecular weight excluding hydrogens is 1250 g/mol. The molecular formula is C76H148O17P2. The molecule has 0 aliphatic rings. The molecule has 0 aliphatic carbocycles. The van der Waals surface area contributed by atoms with Gasteiger partial charge in [0.15, 0.2) is 12.2 Å². The van der Waals surface area contributed by atoms with Gasteiger partial charge in [0.05, 0.1) is 26.4 Å². The molecule has 0 bridgehead atoms. The number of hydrogen-bond donors (Lipinski definition) is 3. The number of rotatable bonds is 74. The summed E-state index contributed by atoms with van der Waals surface area (Å²) in [5, 5.41) is 10.6. The van der Waals surface area contributed by atoms with Gasteiger partial charge in [0.25, 0.3) is 0 Å². The molecule has 95 heavy (non-hydrogen) atoms. The highest BCUT2D eigenvalue weighted by Gasteiger charge is 2.30. The molecule has 0 aromatic heterocycles. The van der Waals surface area contributed by atoms with Gasteiger partial charge in [-0.1, -0.05) is 337 Å². The Morgan fingerprint density at radius 2 is 0.537 bits per heavy atom. The predicted molar refractivity (Wildman–Crippen MR) is 386 cm³/mol. The van der Waals surface area contributed by atoms with E-state index in [0.717, 1.165) is 108 Å². The van der Waals surface area contributed by atoms with Gasteiger partial charge in [0.2, 0.25) is 0 Å². The number of aliphatic hydroxyl groups is 1. The van der Waals surface area contributed by atoms with Gasteiger partial charge in [-0.2, -0.15) is 0 Å². The first kappa shape index (κ1) is 93.1. The molecule has 0 spiro atoms. The average molecular weight is 1400 g/mol. The summed E-state index contributed by atoms with van der Waals surface area (Å²) in [6.07, 6.45) is 52.5. The minimum Gasteiger partial charge on any atom is -0.462 e. The highest BCUT2D eigenvalue weighted by atomic mass is 31.2. The smallest absolute Gasteiger partial charge is 0.462 e. The van der Waals surface area contributed by atoms with Crippen molar-refractivity contribution in [3.63, 3.8) is 0 Å². The van der Waals surface area contributed by atoms with Crippen LogP contribution in [-0.4, -0.2) is 96.7 Å². The van der Waals surface area contributed by atoms with E-state index in [1.807, 2.05) is 0 Å². The number of unbranched alkanes of at least 4 members (excludes halogenated alkanes) is 41. The maximum Gasteiger partial charge on any atom is 0.472 e. The molecule has 6 atom stereocenters. The third-order valence-electron chi connectivity index (χ3n) is 18.0. The van der Waals surface area contributed by atoms with E-state index in [1.54, 1.807) is 0 Å². The van der Waals surface area contributed by atoms with Crippen LogP contribution in [0.25, 0.3) is 0 Å². The zero-order valence-corrected chi connectivity index (χ0v) is 63.9. The van der Waals surface area contributed by atoms with E-state index >= 15 is 0 Å². The van der Waals surface area contributed by atoms with Gasteiger partial charge < -0.3 is 33.8 Å². The Bertz CT molecular complexity index is 1850. The van der Waals surface area contributed by atoms with Crippen molar-refractivity contribution in [1.29, 1.82) is 0 Å². The van der Waals surface area contributed by atoms with E-state index in [-0.39, 0.29) is 25.7 Å². The fourth-order valence-electron chi connectivity index (χ4n) is 11.6. The maximum atomic E-state index is 13.1. The van der Waals surface area contributed by atoms with Crippen molar-refractivity contribution < 1.29 is 80.2 Å². The predicted octanol–water partition coefficient (Wildman–Crippen LogP) is 22.2. The molecule has 0 amide bonds. The molecule has 0 fully saturated rings. The first-order chi connectivity index (χ1) is 45.8. The van der Waals surface area contributed by atoms with E-state index in [2.05, 4.69) is 48.5 Å². The topological polar surface area (TPSA) is 237 Å². The first-order valence-corrected chi connectivity index (χ1v) is 42.4. The van der Waals surface area contributed by atoms with Crippen molar-refractivity contribution in [3.05, 3.63) is 0 Å². The van der Waals surface area contributed by atoms with Crippen LogP contribution in [0.1, 0.15) is 389 Å². The summed E-state index contributed by atoms with van der Waals surface area (Å²) < 4.78 is 68.6. The van der Waals surface area contributed by atoms with Crippen LogP contribution in [0.15, 0.2) is 0 Å². The molecule has 19 heteroatoms. The third-order valence-corrected chi connectivity index (χ3v) is 19.9. The third kappa shape index (κ3) is 69.0. The summed E-state index contributed by atoms with van der Waals surface area (Å²) in [7, 11) is -9.91. The van der Waals surface area contributed by atoms with E-state index < -0.39 is 97.5 Å². The number of ether oxygens (including phenoxy) is 4. The van der Waals surface area contributed by atoms with Gasteiger partial charge in [0, 0.05) is 25.7 Å².